The van der Waals surface area contributed by atoms with Gasteiger partial charge in [-0.3, -0.25) is 10.00 Å². The number of hydrogen-bond donors (Lipinski definition) is 3. The van der Waals surface area contributed by atoms with Crippen LogP contribution in [0.4, 0.5) is 10.2 Å². The third-order valence-corrected chi connectivity index (χ3v) is 9.68. The monoisotopic (exact) mass is 576 g/mol. The van der Waals surface area contributed by atoms with Gasteiger partial charge in [-0.25, -0.2) is 14.1 Å². The molecule has 1 aromatic carbocycles. The highest BCUT2D eigenvalue weighted by molar-refractivity contribution is 6.10. The molecule has 2 fully saturated rings. The van der Waals surface area contributed by atoms with Crippen LogP contribution < -0.4 is 10.6 Å². The molecular formula is C32H45FN8O. The Hall–Kier alpha value is -3.24. The number of fused-ring (bicyclic) bond motifs is 1. The minimum absolute atomic E-state index is 0.0441. The highest BCUT2D eigenvalue weighted by atomic mass is 19.1. The lowest BCUT2D eigenvalue weighted by Crippen LogP contribution is -2.53. The van der Waals surface area contributed by atoms with E-state index < -0.39 is 0 Å². The molecule has 2 aromatic heterocycles. The van der Waals surface area contributed by atoms with Crippen LogP contribution in [0.15, 0.2) is 28.4 Å². The van der Waals surface area contributed by atoms with Gasteiger partial charge < -0.3 is 15.7 Å². The maximum atomic E-state index is 15.9. The highest BCUT2D eigenvalue weighted by Crippen LogP contribution is 2.43. The summed E-state index contributed by atoms with van der Waals surface area (Å²) >= 11 is 0. The number of anilines is 1. The highest BCUT2D eigenvalue weighted by Gasteiger charge is 2.39. The van der Waals surface area contributed by atoms with Crippen molar-refractivity contribution in [1.29, 1.82) is 0 Å². The SMILES string of the molecule is CCn1nc(C2CC2)c(F)c1N1CCC(N=C(N)c2c(C)ccc3n[nH]c(C)c23)=C(C(C)N2CC[C@@H](O)C(C)(C)C2)C1. The average Bonchev–Trinajstić information content (AvgIpc) is 3.66. The van der Waals surface area contributed by atoms with Crippen LogP contribution in [0.1, 0.15) is 81.8 Å². The molecule has 1 saturated heterocycles. The van der Waals surface area contributed by atoms with E-state index in [0.29, 0.717) is 43.4 Å². The first-order valence-electron chi connectivity index (χ1n) is 15.4. The summed E-state index contributed by atoms with van der Waals surface area (Å²) in [6, 6.07) is 4.08. The Morgan fingerprint density at radius 1 is 1.24 bits per heavy atom. The smallest absolute Gasteiger partial charge is 0.188 e. The largest absolute Gasteiger partial charge is 0.392 e. The molecular weight excluding hydrogens is 531 g/mol. The number of halogens is 1. The van der Waals surface area contributed by atoms with E-state index in [9.17, 15) is 5.11 Å². The van der Waals surface area contributed by atoms with Crippen molar-refractivity contribution in [3.05, 3.63) is 51.7 Å². The molecule has 9 nitrogen and oxygen atoms in total. The van der Waals surface area contributed by atoms with Gasteiger partial charge in [0.1, 0.15) is 11.5 Å². The number of benzene rings is 1. The average molecular weight is 577 g/mol. The summed E-state index contributed by atoms with van der Waals surface area (Å²) < 4.78 is 17.7. The number of nitrogens with zero attached hydrogens (tertiary/aromatic N) is 6. The van der Waals surface area contributed by atoms with Crippen LogP contribution in [0.25, 0.3) is 10.9 Å². The van der Waals surface area contributed by atoms with E-state index in [0.717, 1.165) is 71.3 Å². The molecule has 10 heteroatoms. The maximum absolute atomic E-state index is 15.9. The summed E-state index contributed by atoms with van der Waals surface area (Å²) in [7, 11) is 0. The van der Waals surface area contributed by atoms with Crippen molar-refractivity contribution < 1.29 is 9.50 Å². The van der Waals surface area contributed by atoms with Crippen LogP contribution in [0.2, 0.25) is 0 Å². The molecule has 3 aliphatic rings. The van der Waals surface area contributed by atoms with Gasteiger partial charge in [0, 0.05) is 78.9 Å². The number of H-pyrrole nitrogens is 1. The first-order valence-corrected chi connectivity index (χ1v) is 15.4. The minimum atomic E-state index is -0.332. The van der Waals surface area contributed by atoms with E-state index in [1.165, 1.54) is 0 Å². The van der Waals surface area contributed by atoms with Crippen LogP contribution in [-0.2, 0) is 6.54 Å². The van der Waals surface area contributed by atoms with E-state index in [-0.39, 0.29) is 29.3 Å². The molecule has 0 amide bonds. The fourth-order valence-corrected chi connectivity index (χ4v) is 6.89. The molecule has 4 N–H and O–H groups in total. The number of aromatic amines is 1. The van der Waals surface area contributed by atoms with Crippen LogP contribution >= 0.6 is 0 Å². The first kappa shape index (κ1) is 28.9. The van der Waals surface area contributed by atoms with Crippen molar-refractivity contribution in [1.82, 2.24) is 24.9 Å². The molecule has 1 unspecified atom stereocenters. The van der Waals surface area contributed by atoms with Gasteiger partial charge in [0.2, 0.25) is 0 Å². The number of nitrogens with two attached hydrogens (primary N) is 1. The molecule has 42 heavy (non-hydrogen) atoms. The van der Waals surface area contributed by atoms with Crippen LogP contribution in [-0.4, -0.2) is 74.1 Å². The normalized spacial score (nSPS) is 22.8. The Labute approximate surface area is 247 Å². The zero-order chi connectivity index (χ0) is 29.9. The fraction of sp³-hybridized carbons (Fsp3) is 0.594. The summed E-state index contributed by atoms with van der Waals surface area (Å²) in [5.74, 6) is 1.14. The number of aliphatic hydroxyl groups excluding tert-OH is 1. The molecule has 1 aliphatic carbocycles. The number of aliphatic hydroxyl groups is 1. The summed E-state index contributed by atoms with van der Waals surface area (Å²) in [5, 5.41) is 23.9. The van der Waals surface area contributed by atoms with Crippen molar-refractivity contribution in [2.24, 2.45) is 16.1 Å². The predicted molar refractivity (Wildman–Crippen MR) is 165 cm³/mol. The van der Waals surface area contributed by atoms with Crippen molar-refractivity contribution in [2.75, 3.05) is 31.1 Å². The zero-order valence-electron chi connectivity index (χ0n) is 25.8. The number of aliphatic imine (C=N–C) groups is 1. The summed E-state index contributed by atoms with van der Waals surface area (Å²) in [4.78, 5) is 9.72. The molecule has 4 heterocycles. The number of aromatic nitrogens is 4. The predicted octanol–water partition coefficient (Wildman–Crippen LogP) is 4.76. The number of amidine groups is 1. The van der Waals surface area contributed by atoms with E-state index in [1.54, 1.807) is 0 Å². The molecule has 2 aliphatic heterocycles. The second-order valence-electron chi connectivity index (χ2n) is 13.2. The lowest BCUT2D eigenvalue weighted by Gasteiger charge is -2.46. The lowest BCUT2D eigenvalue weighted by atomic mass is 9.80. The van der Waals surface area contributed by atoms with Gasteiger partial charge in [-0.15, -0.1) is 0 Å². The van der Waals surface area contributed by atoms with Crippen LogP contribution in [0.5, 0.6) is 0 Å². The van der Waals surface area contributed by atoms with Gasteiger partial charge in [-0.1, -0.05) is 19.9 Å². The van der Waals surface area contributed by atoms with Crippen molar-refractivity contribution >= 4 is 22.6 Å². The Bertz CT molecular complexity index is 1560. The standard InChI is InChI=1S/C32H45FN8O/c1-7-41-31(28(33)29(38-41)21-9-10-21)39-14-12-23(22(16-39)20(4)40-15-13-25(42)32(5,6)17-40)35-30(34)26-18(2)8-11-24-27(26)19(3)36-37-24/h8,11,20-21,25,42H,7,9-10,12-17H2,1-6H3,(H2,34,35)(H,36,37)/t20?,25-/m1/s1. The van der Waals surface area contributed by atoms with Gasteiger partial charge in [-0.05, 0) is 64.2 Å². The van der Waals surface area contributed by atoms with E-state index >= 15 is 4.39 Å². The molecule has 0 spiro atoms. The van der Waals surface area contributed by atoms with Gasteiger partial charge >= 0.3 is 0 Å². The van der Waals surface area contributed by atoms with E-state index in [2.05, 4.69) is 47.7 Å². The number of rotatable bonds is 7. The molecule has 0 bridgehead atoms. The molecule has 6 rings (SSSR count). The Balaban J connectivity index is 1.42. The summed E-state index contributed by atoms with van der Waals surface area (Å²) in [6.45, 7) is 15.9. The quantitative estimate of drug-likeness (QED) is 0.276. The van der Waals surface area contributed by atoms with Crippen LogP contribution in [0.3, 0.4) is 0 Å². The Morgan fingerprint density at radius 3 is 2.69 bits per heavy atom. The van der Waals surface area contributed by atoms with Crippen molar-refractivity contribution in [3.8, 4) is 0 Å². The van der Waals surface area contributed by atoms with E-state index in [4.69, 9.17) is 15.8 Å². The third-order valence-electron chi connectivity index (χ3n) is 9.68. The van der Waals surface area contributed by atoms with Gasteiger partial charge in [0.15, 0.2) is 11.6 Å². The topological polar surface area (TPSA) is 112 Å². The number of aryl methyl sites for hydroxylation is 3. The van der Waals surface area contributed by atoms with Crippen LogP contribution in [0, 0.1) is 25.1 Å². The Morgan fingerprint density at radius 2 is 2.00 bits per heavy atom. The first-order chi connectivity index (χ1) is 20.0. The fourth-order valence-electron chi connectivity index (χ4n) is 6.89. The summed E-state index contributed by atoms with van der Waals surface area (Å²) in [6.07, 6.45) is 3.05. The molecule has 226 valence electrons. The maximum Gasteiger partial charge on any atom is 0.188 e. The van der Waals surface area contributed by atoms with Gasteiger partial charge in [0.05, 0.1) is 11.6 Å². The van der Waals surface area contributed by atoms with Crippen molar-refractivity contribution in [2.45, 2.75) is 91.8 Å². The Kier molecular flexibility index (Phi) is 7.42. The molecule has 3 aromatic rings. The zero-order valence-corrected chi connectivity index (χ0v) is 25.8. The number of likely N-dealkylation sites (tertiary alicyclic amines) is 1. The number of hydrogen-bond acceptors (Lipinski definition) is 6. The number of piperidine rings is 1. The lowest BCUT2D eigenvalue weighted by molar-refractivity contribution is -0.0319. The molecule has 0 radical (unpaired) electrons. The van der Waals surface area contributed by atoms with Gasteiger partial charge in [-0.2, -0.15) is 10.2 Å². The second-order valence-corrected chi connectivity index (χ2v) is 13.2. The molecule has 1 saturated carbocycles. The summed E-state index contributed by atoms with van der Waals surface area (Å²) in [5.41, 5.74) is 13.1. The second kappa shape index (κ2) is 10.8. The molecule has 2 atom stereocenters. The van der Waals surface area contributed by atoms with E-state index in [1.807, 2.05) is 30.7 Å². The number of nitrogens with one attached hydrogen (secondary N) is 1. The minimum Gasteiger partial charge on any atom is -0.392 e. The third kappa shape index (κ3) is 5.02. The van der Waals surface area contributed by atoms with Gasteiger partial charge in [0.25, 0.3) is 0 Å². The van der Waals surface area contributed by atoms with Crippen molar-refractivity contribution in [3.63, 3.8) is 0 Å².